The normalized spacial score (nSPS) is 10.8. The van der Waals surface area contributed by atoms with Crippen LogP contribution in [0.25, 0.3) is 55.9 Å². The number of aromatic nitrogens is 1. The first-order chi connectivity index (χ1) is 17.8. The van der Waals surface area contributed by atoms with Gasteiger partial charge in [0.05, 0.1) is 11.4 Å². The molecule has 5 aromatic carbocycles. The number of hydrogen-bond acceptors (Lipinski definition) is 1. The fourth-order valence-corrected chi connectivity index (χ4v) is 4.57. The van der Waals surface area contributed by atoms with E-state index in [0.717, 1.165) is 28.1 Å². The lowest BCUT2D eigenvalue weighted by Gasteiger charge is -2.12. The lowest BCUT2D eigenvalue weighted by atomic mass is 9.95. The van der Waals surface area contributed by atoms with E-state index in [4.69, 9.17) is 4.98 Å². The number of rotatable bonds is 5. The molecule has 1 heterocycles. The monoisotopic (exact) mass is 459 g/mol. The van der Waals surface area contributed by atoms with Crippen molar-refractivity contribution in [2.45, 2.75) is 0 Å². The van der Waals surface area contributed by atoms with Gasteiger partial charge in [0.1, 0.15) is 0 Å². The number of nitrogens with zero attached hydrogens (tertiary/aromatic N) is 1. The predicted molar refractivity (Wildman–Crippen MR) is 151 cm³/mol. The number of hydrogen-bond donors (Lipinski definition) is 0. The van der Waals surface area contributed by atoms with E-state index in [1.165, 1.54) is 27.8 Å². The molecule has 0 radical (unpaired) electrons. The van der Waals surface area contributed by atoms with E-state index in [2.05, 4.69) is 140 Å². The van der Waals surface area contributed by atoms with Crippen molar-refractivity contribution in [3.05, 3.63) is 152 Å². The first-order valence-corrected chi connectivity index (χ1v) is 12.2. The third-order valence-corrected chi connectivity index (χ3v) is 6.49. The summed E-state index contributed by atoms with van der Waals surface area (Å²) in [5.41, 5.74) is 11.4. The Bertz CT molecular complexity index is 1530. The molecule has 6 aromatic rings. The maximum atomic E-state index is 5.02. The van der Waals surface area contributed by atoms with Crippen molar-refractivity contribution >= 4 is 0 Å². The van der Waals surface area contributed by atoms with Crippen molar-refractivity contribution in [1.82, 2.24) is 4.98 Å². The van der Waals surface area contributed by atoms with Crippen LogP contribution < -0.4 is 0 Å². The second kappa shape index (κ2) is 9.85. The molecule has 0 amide bonds. The highest BCUT2D eigenvalue weighted by atomic mass is 14.7. The van der Waals surface area contributed by atoms with Crippen LogP contribution in [0.5, 0.6) is 0 Å². The minimum Gasteiger partial charge on any atom is -0.248 e. The van der Waals surface area contributed by atoms with Crippen molar-refractivity contribution < 1.29 is 0 Å². The van der Waals surface area contributed by atoms with Crippen LogP contribution >= 0.6 is 0 Å². The summed E-state index contributed by atoms with van der Waals surface area (Å²) in [5, 5.41) is 0. The lowest BCUT2D eigenvalue weighted by molar-refractivity contribution is 1.32. The van der Waals surface area contributed by atoms with Gasteiger partial charge in [-0.3, -0.25) is 0 Å². The molecule has 0 bridgehead atoms. The average molecular weight is 460 g/mol. The van der Waals surface area contributed by atoms with E-state index in [9.17, 15) is 0 Å². The van der Waals surface area contributed by atoms with Crippen LogP contribution in [0.1, 0.15) is 0 Å². The van der Waals surface area contributed by atoms with Gasteiger partial charge in [-0.05, 0) is 51.6 Å². The van der Waals surface area contributed by atoms with Gasteiger partial charge in [0, 0.05) is 11.1 Å². The van der Waals surface area contributed by atoms with Gasteiger partial charge in [0.15, 0.2) is 0 Å². The van der Waals surface area contributed by atoms with Crippen LogP contribution in [0, 0.1) is 0 Å². The Morgan fingerprint density at radius 3 is 1.11 bits per heavy atom. The molecule has 0 aliphatic heterocycles. The zero-order valence-electron chi connectivity index (χ0n) is 19.9. The van der Waals surface area contributed by atoms with Gasteiger partial charge in [-0.25, -0.2) is 4.98 Å². The second-order valence-electron chi connectivity index (χ2n) is 8.88. The Hall–Kier alpha value is -4.75. The molecule has 0 fully saturated rings. The van der Waals surface area contributed by atoms with Crippen LogP contribution in [0.3, 0.4) is 0 Å². The zero-order valence-corrected chi connectivity index (χ0v) is 19.9. The van der Waals surface area contributed by atoms with Crippen LogP contribution in [0.15, 0.2) is 152 Å². The quantitative estimate of drug-likeness (QED) is 0.250. The maximum Gasteiger partial charge on any atom is 0.0715 e. The third kappa shape index (κ3) is 4.60. The summed E-state index contributed by atoms with van der Waals surface area (Å²) in [7, 11) is 0. The van der Waals surface area contributed by atoms with Crippen molar-refractivity contribution in [1.29, 1.82) is 0 Å². The van der Waals surface area contributed by atoms with Crippen molar-refractivity contribution in [3.8, 4) is 55.9 Å². The van der Waals surface area contributed by atoms with Crippen molar-refractivity contribution in [2.75, 3.05) is 0 Å². The summed E-state index contributed by atoms with van der Waals surface area (Å²) >= 11 is 0. The molecule has 170 valence electrons. The van der Waals surface area contributed by atoms with E-state index in [-0.39, 0.29) is 0 Å². The molecule has 0 saturated carbocycles. The molecule has 0 atom stereocenters. The van der Waals surface area contributed by atoms with Gasteiger partial charge in [0.25, 0.3) is 0 Å². The molecule has 0 aliphatic carbocycles. The van der Waals surface area contributed by atoms with E-state index in [0.29, 0.717) is 0 Å². The molecule has 6 rings (SSSR count). The van der Waals surface area contributed by atoms with E-state index < -0.39 is 0 Å². The topological polar surface area (TPSA) is 12.9 Å². The molecule has 36 heavy (non-hydrogen) atoms. The van der Waals surface area contributed by atoms with Gasteiger partial charge in [0.2, 0.25) is 0 Å². The molecule has 0 aliphatic rings. The molecule has 1 nitrogen and oxygen atoms in total. The lowest BCUT2D eigenvalue weighted by Crippen LogP contribution is -1.91. The summed E-state index contributed by atoms with van der Waals surface area (Å²) in [5.74, 6) is 0. The standard InChI is InChI=1S/C35H25N/c1-4-11-26(12-5-1)27-19-21-28(22-20-27)31-17-10-18-32(23-31)33-24-34(29-13-6-2-7-14-29)36-35(25-33)30-15-8-3-9-16-30/h1-25H. The zero-order chi connectivity index (χ0) is 24.2. The number of pyridine rings is 1. The minimum atomic E-state index is 0.976. The highest BCUT2D eigenvalue weighted by molar-refractivity contribution is 5.80. The largest absolute Gasteiger partial charge is 0.248 e. The van der Waals surface area contributed by atoms with Crippen LogP contribution in [-0.2, 0) is 0 Å². The van der Waals surface area contributed by atoms with Gasteiger partial charge < -0.3 is 0 Å². The smallest absolute Gasteiger partial charge is 0.0715 e. The highest BCUT2D eigenvalue weighted by Crippen LogP contribution is 2.33. The van der Waals surface area contributed by atoms with Crippen molar-refractivity contribution in [3.63, 3.8) is 0 Å². The molecule has 1 aromatic heterocycles. The van der Waals surface area contributed by atoms with Gasteiger partial charge in [-0.2, -0.15) is 0 Å². The van der Waals surface area contributed by atoms with Crippen LogP contribution in [0.2, 0.25) is 0 Å². The van der Waals surface area contributed by atoms with Gasteiger partial charge >= 0.3 is 0 Å². The van der Waals surface area contributed by atoms with Crippen molar-refractivity contribution in [2.24, 2.45) is 0 Å². The second-order valence-corrected chi connectivity index (χ2v) is 8.88. The Morgan fingerprint density at radius 2 is 0.611 bits per heavy atom. The Morgan fingerprint density at radius 1 is 0.250 bits per heavy atom. The average Bonchev–Trinajstić information content (AvgIpc) is 2.98. The summed E-state index contributed by atoms with van der Waals surface area (Å²) in [6.07, 6.45) is 0. The molecule has 0 unspecified atom stereocenters. The fraction of sp³-hybridized carbons (Fsp3) is 0. The van der Waals surface area contributed by atoms with E-state index >= 15 is 0 Å². The molecule has 0 N–H and O–H groups in total. The Labute approximate surface area is 212 Å². The highest BCUT2D eigenvalue weighted by Gasteiger charge is 2.10. The Kier molecular flexibility index (Phi) is 5.96. The fourth-order valence-electron chi connectivity index (χ4n) is 4.57. The molecular weight excluding hydrogens is 434 g/mol. The predicted octanol–water partition coefficient (Wildman–Crippen LogP) is 9.42. The SMILES string of the molecule is c1ccc(-c2ccc(-c3cccc(-c4cc(-c5ccccc5)nc(-c5ccccc5)c4)c3)cc2)cc1. The maximum absolute atomic E-state index is 5.02. The summed E-state index contributed by atoms with van der Waals surface area (Å²) in [6, 6.07) is 53.3. The van der Waals surface area contributed by atoms with Gasteiger partial charge in [-0.1, -0.05) is 133 Å². The molecule has 0 spiro atoms. The minimum absolute atomic E-state index is 0.976. The van der Waals surface area contributed by atoms with E-state index in [1.807, 2.05) is 12.1 Å². The van der Waals surface area contributed by atoms with Crippen LogP contribution in [-0.4, -0.2) is 4.98 Å². The Balaban J connectivity index is 1.41. The van der Waals surface area contributed by atoms with E-state index in [1.54, 1.807) is 0 Å². The summed E-state index contributed by atoms with van der Waals surface area (Å²) < 4.78 is 0. The molecular formula is C35H25N. The van der Waals surface area contributed by atoms with Crippen LogP contribution in [0.4, 0.5) is 0 Å². The molecule has 0 saturated heterocycles. The van der Waals surface area contributed by atoms with Gasteiger partial charge in [-0.15, -0.1) is 0 Å². The third-order valence-electron chi connectivity index (χ3n) is 6.49. The summed E-state index contributed by atoms with van der Waals surface area (Å²) in [4.78, 5) is 5.02. The first kappa shape index (κ1) is 21.8. The number of benzene rings is 5. The first-order valence-electron chi connectivity index (χ1n) is 12.2. The molecule has 1 heteroatoms. The summed E-state index contributed by atoms with van der Waals surface area (Å²) in [6.45, 7) is 0.